The minimum atomic E-state index is 0. The molecule has 1 fully saturated rings. The summed E-state index contributed by atoms with van der Waals surface area (Å²) in [4.78, 5) is 1.36. The van der Waals surface area contributed by atoms with Gasteiger partial charge in [0.25, 0.3) is 0 Å². The second-order valence-corrected chi connectivity index (χ2v) is 4.21. The van der Waals surface area contributed by atoms with E-state index in [1.54, 1.807) is 11.3 Å². The van der Waals surface area contributed by atoms with Gasteiger partial charge in [-0.05, 0) is 30.2 Å². The third-order valence-corrected chi connectivity index (χ3v) is 3.50. The summed E-state index contributed by atoms with van der Waals surface area (Å²) >= 11 is 1.78. The van der Waals surface area contributed by atoms with Crippen molar-refractivity contribution in [3.05, 3.63) is 22.4 Å². The van der Waals surface area contributed by atoms with Crippen molar-refractivity contribution in [3.8, 4) is 0 Å². The molecular weight excluding hydrogens is 190 g/mol. The van der Waals surface area contributed by atoms with Gasteiger partial charge in [0, 0.05) is 10.9 Å². The van der Waals surface area contributed by atoms with Gasteiger partial charge in [-0.25, -0.2) is 0 Å². The number of rotatable bonds is 2. The van der Waals surface area contributed by atoms with Crippen molar-refractivity contribution in [1.29, 1.82) is 0 Å². The van der Waals surface area contributed by atoms with Crippen LogP contribution in [0.1, 0.15) is 30.2 Å². The zero-order valence-electron chi connectivity index (χ0n) is 6.90. The predicted molar refractivity (Wildman–Crippen MR) is 55.8 cm³/mol. The summed E-state index contributed by atoms with van der Waals surface area (Å²) in [7, 11) is 0. The largest absolute Gasteiger partial charge is 0.323 e. The Bertz CT molecular complexity index is 218. The van der Waals surface area contributed by atoms with Gasteiger partial charge in [0.05, 0.1) is 0 Å². The van der Waals surface area contributed by atoms with Crippen LogP contribution in [0.5, 0.6) is 0 Å². The molecule has 1 atom stereocenters. The third-order valence-electron chi connectivity index (χ3n) is 2.53. The van der Waals surface area contributed by atoms with Crippen molar-refractivity contribution in [2.24, 2.45) is 11.7 Å². The number of hydrogen-bond acceptors (Lipinski definition) is 2. The summed E-state index contributed by atoms with van der Waals surface area (Å²) < 4.78 is 0. The topological polar surface area (TPSA) is 26.0 Å². The molecule has 0 radical (unpaired) electrons. The standard InChI is InChI=1S/C9H13NS.ClH/c10-9(7-3-1-4-7)8-5-2-6-11-8;/h2,5-7,9H,1,3-4,10H2;1H/t9-;/m1./s1. The smallest absolute Gasteiger partial charge is 0.0418 e. The number of thiophene rings is 1. The molecule has 2 rings (SSSR count). The second-order valence-electron chi connectivity index (χ2n) is 3.23. The van der Waals surface area contributed by atoms with Crippen molar-refractivity contribution in [2.45, 2.75) is 25.3 Å². The Morgan fingerprint density at radius 3 is 2.67 bits per heavy atom. The van der Waals surface area contributed by atoms with Crippen LogP contribution in [0, 0.1) is 5.92 Å². The van der Waals surface area contributed by atoms with Crippen molar-refractivity contribution >= 4 is 23.7 Å². The van der Waals surface area contributed by atoms with Crippen molar-refractivity contribution < 1.29 is 0 Å². The SMILES string of the molecule is Cl.N[C@@H](c1cccs1)C1CCC1. The third kappa shape index (κ3) is 1.82. The van der Waals surface area contributed by atoms with Gasteiger partial charge in [-0.15, -0.1) is 23.7 Å². The molecule has 3 heteroatoms. The van der Waals surface area contributed by atoms with E-state index in [0.717, 1.165) is 5.92 Å². The van der Waals surface area contributed by atoms with Crippen molar-refractivity contribution in [3.63, 3.8) is 0 Å². The molecule has 0 spiro atoms. The molecule has 1 aromatic heterocycles. The minimum Gasteiger partial charge on any atom is -0.323 e. The highest BCUT2D eigenvalue weighted by Gasteiger charge is 2.25. The van der Waals surface area contributed by atoms with Gasteiger partial charge in [-0.1, -0.05) is 12.5 Å². The zero-order chi connectivity index (χ0) is 7.68. The van der Waals surface area contributed by atoms with Crippen LogP contribution in [0.2, 0.25) is 0 Å². The van der Waals surface area contributed by atoms with Gasteiger partial charge in [0.2, 0.25) is 0 Å². The van der Waals surface area contributed by atoms with E-state index in [1.165, 1.54) is 24.1 Å². The average Bonchev–Trinajstić information content (AvgIpc) is 2.32. The molecule has 0 unspecified atom stereocenters. The van der Waals surface area contributed by atoms with Crippen LogP contribution in [0.3, 0.4) is 0 Å². The highest BCUT2D eigenvalue weighted by molar-refractivity contribution is 7.10. The molecule has 1 aliphatic carbocycles. The Hall–Kier alpha value is -0.0500. The molecular formula is C9H14ClNS. The van der Waals surface area contributed by atoms with E-state index in [4.69, 9.17) is 5.73 Å². The van der Waals surface area contributed by atoms with Gasteiger partial charge >= 0.3 is 0 Å². The average molecular weight is 204 g/mol. The molecule has 1 aliphatic rings. The van der Waals surface area contributed by atoms with E-state index < -0.39 is 0 Å². The minimum absolute atomic E-state index is 0. The lowest BCUT2D eigenvalue weighted by atomic mass is 9.79. The normalized spacial score (nSPS) is 19.4. The molecule has 1 aromatic rings. The van der Waals surface area contributed by atoms with Gasteiger partial charge in [-0.2, -0.15) is 0 Å². The van der Waals surface area contributed by atoms with Crippen molar-refractivity contribution in [1.82, 2.24) is 0 Å². The zero-order valence-corrected chi connectivity index (χ0v) is 8.53. The van der Waals surface area contributed by atoms with Crippen LogP contribution in [0.25, 0.3) is 0 Å². The summed E-state index contributed by atoms with van der Waals surface area (Å²) in [6, 6.07) is 4.55. The molecule has 0 saturated heterocycles. The second kappa shape index (κ2) is 4.26. The molecule has 1 nitrogen and oxygen atoms in total. The van der Waals surface area contributed by atoms with E-state index in [0.29, 0.717) is 6.04 Å². The van der Waals surface area contributed by atoms with Crippen LogP contribution in [-0.4, -0.2) is 0 Å². The van der Waals surface area contributed by atoms with Crippen LogP contribution < -0.4 is 5.73 Å². The maximum atomic E-state index is 6.06. The van der Waals surface area contributed by atoms with Crippen molar-refractivity contribution in [2.75, 3.05) is 0 Å². The molecule has 0 aliphatic heterocycles. The summed E-state index contributed by atoms with van der Waals surface area (Å²) in [5, 5.41) is 2.11. The summed E-state index contributed by atoms with van der Waals surface area (Å²) in [6.45, 7) is 0. The fourth-order valence-corrected chi connectivity index (χ4v) is 2.33. The Balaban J connectivity index is 0.000000720. The lowest BCUT2D eigenvalue weighted by Crippen LogP contribution is -2.25. The highest BCUT2D eigenvalue weighted by atomic mass is 35.5. The summed E-state index contributed by atoms with van der Waals surface area (Å²) in [5.74, 6) is 0.772. The summed E-state index contributed by atoms with van der Waals surface area (Å²) in [6.07, 6.45) is 4.04. The van der Waals surface area contributed by atoms with E-state index in [2.05, 4.69) is 17.5 Å². The van der Waals surface area contributed by atoms with Crippen LogP contribution in [0.15, 0.2) is 17.5 Å². The van der Waals surface area contributed by atoms with E-state index >= 15 is 0 Å². The molecule has 68 valence electrons. The molecule has 1 saturated carbocycles. The Morgan fingerprint density at radius 2 is 2.25 bits per heavy atom. The van der Waals surface area contributed by atoms with E-state index in [-0.39, 0.29) is 12.4 Å². The van der Waals surface area contributed by atoms with E-state index in [9.17, 15) is 0 Å². The molecule has 0 bridgehead atoms. The fourth-order valence-electron chi connectivity index (χ4n) is 1.51. The first kappa shape index (κ1) is 10.0. The first-order valence-corrected chi connectivity index (χ1v) is 5.05. The van der Waals surface area contributed by atoms with Gasteiger partial charge in [-0.3, -0.25) is 0 Å². The molecule has 12 heavy (non-hydrogen) atoms. The lowest BCUT2D eigenvalue weighted by molar-refractivity contribution is 0.267. The van der Waals surface area contributed by atoms with Gasteiger partial charge < -0.3 is 5.73 Å². The Morgan fingerprint density at radius 1 is 1.50 bits per heavy atom. The predicted octanol–water partition coefficient (Wildman–Crippen LogP) is 2.97. The first-order chi connectivity index (χ1) is 5.38. The number of nitrogens with two attached hydrogens (primary N) is 1. The monoisotopic (exact) mass is 203 g/mol. The summed E-state index contributed by atoms with van der Waals surface area (Å²) in [5.41, 5.74) is 6.06. The first-order valence-electron chi connectivity index (χ1n) is 4.17. The fraction of sp³-hybridized carbons (Fsp3) is 0.556. The highest BCUT2D eigenvalue weighted by Crippen LogP contribution is 2.37. The number of halogens is 1. The maximum absolute atomic E-state index is 6.06. The molecule has 0 aromatic carbocycles. The Labute approximate surface area is 83.4 Å². The Kier molecular flexibility index (Phi) is 3.56. The lowest BCUT2D eigenvalue weighted by Gasteiger charge is -2.30. The molecule has 1 heterocycles. The molecule has 0 amide bonds. The quantitative estimate of drug-likeness (QED) is 0.786. The van der Waals surface area contributed by atoms with E-state index in [1.807, 2.05) is 0 Å². The number of hydrogen-bond donors (Lipinski definition) is 1. The van der Waals surface area contributed by atoms with Gasteiger partial charge in [0.1, 0.15) is 0 Å². The van der Waals surface area contributed by atoms with Crippen LogP contribution >= 0.6 is 23.7 Å². The van der Waals surface area contributed by atoms with Crippen LogP contribution in [0.4, 0.5) is 0 Å². The van der Waals surface area contributed by atoms with Crippen LogP contribution in [-0.2, 0) is 0 Å². The maximum Gasteiger partial charge on any atom is 0.0418 e. The van der Waals surface area contributed by atoms with Gasteiger partial charge in [0.15, 0.2) is 0 Å². The molecule has 2 N–H and O–H groups in total.